The second-order valence-corrected chi connectivity index (χ2v) is 5.52. The van der Waals surface area contributed by atoms with Crippen LogP contribution in [-0.2, 0) is 18.3 Å². The summed E-state index contributed by atoms with van der Waals surface area (Å²) in [5.74, 6) is -0.978. The summed E-state index contributed by atoms with van der Waals surface area (Å²) >= 11 is 0. The van der Waals surface area contributed by atoms with E-state index in [1.807, 2.05) is 0 Å². The summed E-state index contributed by atoms with van der Waals surface area (Å²) < 4.78 is 6.62. The van der Waals surface area contributed by atoms with Gasteiger partial charge in [0.1, 0.15) is 17.0 Å². The maximum atomic E-state index is 12.0. The minimum atomic E-state index is -1.12. The fraction of sp³-hybridized carbons (Fsp3) is 0.188. The zero-order chi connectivity index (χ0) is 18.7. The quantitative estimate of drug-likeness (QED) is 0.525. The molecule has 3 N–H and O–H groups in total. The van der Waals surface area contributed by atoms with E-state index in [9.17, 15) is 14.7 Å². The zero-order valence-electron chi connectivity index (χ0n) is 14.7. The molecule has 135 valence electrons. The molecule has 0 saturated heterocycles. The molecule has 1 amide bonds. The Morgan fingerprint density at radius 3 is 2.74 bits per heavy atom. The van der Waals surface area contributed by atoms with Gasteiger partial charge < -0.3 is 24.6 Å². The van der Waals surface area contributed by atoms with Gasteiger partial charge in [0, 0.05) is 83.7 Å². The van der Waals surface area contributed by atoms with Crippen molar-refractivity contribution in [2.75, 3.05) is 5.32 Å². The van der Waals surface area contributed by atoms with E-state index < -0.39 is 5.97 Å². The summed E-state index contributed by atoms with van der Waals surface area (Å²) in [6, 6.07) is 2.99. The van der Waals surface area contributed by atoms with Crippen molar-refractivity contribution in [1.82, 2.24) is 19.7 Å². The number of aromatic hydroxyl groups is 1. The number of carbonyl (C=O) groups is 2. The van der Waals surface area contributed by atoms with E-state index in [2.05, 4.69) is 20.4 Å². The van der Waals surface area contributed by atoms with Crippen LogP contribution in [0.3, 0.4) is 0 Å². The van der Waals surface area contributed by atoms with Crippen LogP contribution in [0.15, 0.2) is 35.2 Å². The Balaban J connectivity index is 0.00000261. The second-order valence-electron chi connectivity index (χ2n) is 5.52. The molecule has 0 atom stereocenters. The predicted molar refractivity (Wildman–Crippen MR) is 94.3 cm³/mol. The average molecular weight is 396 g/mol. The van der Waals surface area contributed by atoms with Crippen molar-refractivity contribution in [3.05, 3.63) is 42.2 Å². The number of pyridine rings is 1. The van der Waals surface area contributed by atoms with Gasteiger partial charge in [-0.2, -0.15) is 4.98 Å². The van der Waals surface area contributed by atoms with E-state index in [1.165, 1.54) is 24.7 Å². The van der Waals surface area contributed by atoms with Crippen LogP contribution in [0.4, 0.5) is 5.69 Å². The maximum Gasteiger partial charge on any atom is 0.339 e. The van der Waals surface area contributed by atoms with Gasteiger partial charge in [0.05, 0.1) is 11.9 Å². The van der Waals surface area contributed by atoms with Gasteiger partial charge >= 0.3 is 5.97 Å². The Kier molecular flexibility index (Phi) is 7.27. The number of anilines is 1. The number of aromatic nitrogens is 4. The van der Waals surface area contributed by atoms with Crippen molar-refractivity contribution in [3.8, 4) is 17.3 Å². The number of carboxylic acid groups (broad SMARTS) is 1. The molecule has 0 spiro atoms. The number of aromatic carboxylic acids is 1. The first kappa shape index (κ1) is 21.2. The smallest absolute Gasteiger partial charge is 0.339 e. The Labute approximate surface area is 196 Å². The molecule has 10 nitrogen and oxygen atoms in total. The molecule has 0 saturated carbocycles. The average Bonchev–Trinajstić information content (AvgIpc) is 3.20. The molecule has 11 heteroatoms. The van der Waals surface area contributed by atoms with E-state index >= 15 is 0 Å². The topological polar surface area (TPSA) is 143 Å². The number of nitrogens with one attached hydrogen (secondary N) is 1. The third kappa shape index (κ3) is 5.46. The number of rotatable bonds is 6. The molecule has 3 heterocycles. The van der Waals surface area contributed by atoms with Crippen molar-refractivity contribution < 1.29 is 24.3 Å². The molecule has 3 aromatic heterocycles. The predicted octanol–water partition coefficient (Wildman–Crippen LogP) is 1.06. The summed E-state index contributed by atoms with van der Waals surface area (Å²) in [5, 5.41) is 24.7. The summed E-state index contributed by atoms with van der Waals surface area (Å²) in [5.41, 5.74) is 0.668. The number of amides is 1. The van der Waals surface area contributed by atoms with Crippen LogP contribution in [0.25, 0.3) is 11.5 Å². The number of hydrogen-bond acceptors (Lipinski definition) is 7. The van der Waals surface area contributed by atoms with Crippen LogP contribution < -0.4 is 5.32 Å². The first-order chi connectivity index (χ1) is 12.4. The van der Waals surface area contributed by atoms with E-state index in [0.717, 1.165) is 0 Å². The zero-order valence-corrected chi connectivity index (χ0v) is 17.8. The van der Waals surface area contributed by atoms with Crippen molar-refractivity contribution >= 4 is 68.9 Å². The van der Waals surface area contributed by atoms with Gasteiger partial charge in [0.25, 0.3) is 0 Å². The number of nitrogens with zero attached hydrogens (tertiary/aromatic N) is 4. The van der Waals surface area contributed by atoms with E-state index in [-0.39, 0.29) is 98.8 Å². The second kappa shape index (κ2) is 9.24. The van der Waals surface area contributed by atoms with Gasteiger partial charge in [-0.15, -0.1) is 0 Å². The summed E-state index contributed by atoms with van der Waals surface area (Å²) in [4.78, 5) is 31.3. The molecule has 27 heavy (non-hydrogen) atoms. The monoisotopic (exact) mass is 396 g/mol. The molecule has 0 bridgehead atoms. The fourth-order valence-corrected chi connectivity index (χ4v) is 2.27. The van der Waals surface area contributed by atoms with Crippen molar-refractivity contribution in [3.63, 3.8) is 0 Å². The van der Waals surface area contributed by atoms with Crippen molar-refractivity contribution in [2.45, 2.75) is 12.8 Å². The van der Waals surface area contributed by atoms with Crippen LogP contribution >= 0.6 is 0 Å². The molecule has 3 rings (SSSR count). The molecule has 1 radical (unpaired) electrons. The van der Waals surface area contributed by atoms with E-state index in [4.69, 9.17) is 9.63 Å². The van der Waals surface area contributed by atoms with Gasteiger partial charge in [-0.05, 0) is 12.1 Å². The Bertz CT molecular complexity index is 951. The molecule has 3 aromatic rings. The van der Waals surface area contributed by atoms with Crippen molar-refractivity contribution in [2.24, 2.45) is 7.05 Å². The Morgan fingerprint density at radius 2 is 2.07 bits per heavy atom. The number of aryl methyl sites for hydroxylation is 2. The maximum absolute atomic E-state index is 12.0. The Morgan fingerprint density at radius 1 is 1.30 bits per heavy atom. The van der Waals surface area contributed by atoms with Crippen LogP contribution in [-0.4, -0.2) is 93.2 Å². The minimum absolute atomic E-state index is 0. The Hall–Kier alpha value is -2.05. The van der Waals surface area contributed by atoms with Crippen molar-refractivity contribution in [1.29, 1.82) is 0 Å². The van der Waals surface area contributed by atoms with Gasteiger partial charge in [0.2, 0.25) is 17.6 Å². The third-order valence-corrected chi connectivity index (χ3v) is 3.47. The number of carbonyl (C=O) groups excluding carboxylic acids is 1. The van der Waals surface area contributed by atoms with Gasteiger partial charge in [-0.3, -0.25) is 4.79 Å². The van der Waals surface area contributed by atoms with E-state index in [0.29, 0.717) is 5.69 Å². The molecule has 0 aliphatic heterocycles. The standard InChI is InChI=1S/C16H15N5O5.K/c1-21-7-10(16(24)25)12(8-21)18-13(23)4-5-14-19-15(20-26-14)11-3-2-9(22)6-17-11;/h2-3,6-8,22H,4-5H2,1H3,(H,18,23)(H,24,25);. The summed E-state index contributed by atoms with van der Waals surface area (Å²) in [6.07, 6.45) is 4.42. The SMILES string of the molecule is Cn1cc(NC(=O)CCc2nc(-c3ccc(O)cn3)no2)c(C(=O)O)c1.[K]. The first-order valence-electron chi connectivity index (χ1n) is 7.59. The molecule has 0 unspecified atom stereocenters. The summed E-state index contributed by atoms with van der Waals surface area (Å²) in [6.45, 7) is 0. The molecule has 0 aliphatic rings. The molecular weight excluding hydrogens is 381 g/mol. The van der Waals surface area contributed by atoms with Crippen LogP contribution in [0.2, 0.25) is 0 Å². The minimum Gasteiger partial charge on any atom is -0.506 e. The van der Waals surface area contributed by atoms with Crippen LogP contribution in [0, 0.1) is 0 Å². The molecule has 0 aliphatic carbocycles. The molecule has 0 fully saturated rings. The van der Waals surface area contributed by atoms with E-state index in [1.54, 1.807) is 17.7 Å². The van der Waals surface area contributed by atoms with Gasteiger partial charge in [-0.25, -0.2) is 9.78 Å². The number of carboxylic acids is 1. The number of hydrogen-bond donors (Lipinski definition) is 3. The third-order valence-electron chi connectivity index (χ3n) is 3.47. The first-order valence-corrected chi connectivity index (χ1v) is 7.59. The summed E-state index contributed by atoms with van der Waals surface area (Å²) in [7, 11) is 1.67. The van der Waals surface area contributed by atoms with Gasteiger partial charge in [0.15, 0.2) is 0 Å². The van der Waals surface area contributed by atoms with Crippen LogP contribution in [0.1, 0.15) is 22.7 Å². The fourth-order valence-electron chi connectivity index (χ4n) is 2.27. The largest absolute Gasteiger partial charge is 0.506 e. The van der Waals surface area contributed by atoms with Crippen LogP contribution in [0.5, 0.6) is 5.75 Å². The normalized spacial score (nSPS) is 10.3. The molecular formula is C16H15KN5O5. The molecule has 0 aromatic carbocycles. The van der Waals surface area contributed by atoms with Gasteiger partial charge in [-0.1, -0.05) is 5.16 Å².